The molecule has 4 atom stereocenters. The normalized spacial score (nSPS) is 27.4. The number of hydrogen-bond donors (Lipinski definition) is 1. The minimum atomic E-state index is -0.808. The van der Waals surface area contributed by atoms with E-state index in [1.54, 1.807) is 6.07 Å². The van der Waals surface area contributed by atoms with Crippen molar-refractivity contribution in [3.8, 4) is 17.2 Å². The Balaban J connectivity index is 1.73. The number of benzene rings is 1. The fourth-order valence-corrected chi connectivity index (χ4v) is 6.66. The number of halogens is 1. The third kappa shape index (κ3) is 3.47. The lowest BCUT2D eigenvalue weighted by molar-refractivity contribution is -0.140. The molecule has 36 heavy (non-hydrogen) atoms. The van der Waals surface area contributed by atoms with E-state index < -0.39 is 23.7 Å². The topological polar surface area (TPSA) is 110 Å². The zero-order chi connectivity index (χ0) is 25.9. The molecule has 2 amide bonds. The van der Waals surface area contributed by atoms with Crippen LogP contribution in [-0.2, 0) is 19.2 Å². The number of aromatic hydroxyl groups is 1. The van der Waals surface area contributed by atoms with E-state index in [9.17, 15) is 24.3 Å². The lowest BCUT2D eigenvalue weighted by Crippen LogP contribution is -2.39. The average molecular weight is 556 g/mol. The molecular formula is C27H26BrNO7. The van der Waals surface area contributed by atoms with Crippen LogP contribution in [0.1, 0.15) is 37.7 Å². The van der Waals surface area contributed by atoms with Crippen LogP contribution in [0, 0.1) is 17.8 Å². The zero-order valence-corrected chi connectivity index (χ0v) is 21.8. The monoisotopic (exact) mass is 555 g/mol. The number of phenolic OH excluding ortho intramolecular Hbond substituents is 1. The number of ether oxygens (including phenoxy) is 2. The van der Waals surface area contributed by atoms with Crippen molar-refractivity contribution < 1.29 is 33.8 Å². The van der Waals surface area contributed by atoms with E-state index in [2.05, 4.69) is 15.9 Å². The lowest BCUT2D eigenvalue weighted by Gasteiger charge is -2.42. The van der Waals surface area contributed by atoms with Crippen LogP contribution < -0.4 is 9.47 Å². The fourth-order valence-electron chi connectivity index (χ4n) is 6.21. The number of fused-ring (bicyclic) bond motifs is 3. The number of amides is 2. The Labute approximate surface area is 216 Å². The van der Waals surface area contributed by atoms with Crippen molar-refractivity contribution in [3.63, 3.8) is 0 Å². The summed E-state index contributed by atoms with van der Waals surface area (Å²) < 4.78 is 11.0. The van der Waals surface area contributed by atoms with Gasteiger partial charge in [-0.2, -0.15) is 0 Å². The first-order chi connectivity index (χ1) is 17.2. The number of Topliss-reactive ketones (excluding diaryl/α,β-unsaturated/α-hetero) is 1. The number of phenols is 1. The summed E-state index contributed by atoms with van der Waals surface area (Å²) in [4.78, 5) is 54.5. The van der Waals surface area contributed by atoms with Gasteiger partial charge in [0.15, 0.2) is 11.6 Å². The van der Waals surface area contributed by atoms with Crippen molar-refractivity contribution in [2.24, 2.45) is 17.8 Å². The lowest BCUT2D eigenvalue weighted by atomic mass is 9.59. The molecule has 0 unspecified atom stereocenters. The highest BCUT2D eigenvalue weighted by molar-refractivity contribution is 9.12. The highest BCUT2D eigenvalue weighted by atomic mass is 79.9. The van der Waals surface area contributed by atoms with Gasteiger partial charge in [-0.05, 0) is 41.1 Å². The van der Waals surface area contributed by atoms with Gasteiger partial charge < -0.3 is 14.6 Å². The molecule has 1 heterocycles. The quantitative estimate of drug-likeness (QED) is 0.336. The van der Waals surface area contributed by atoms with Gasteiger partial charge in [-0.1, -0.05) is 18.6 Å². The maximum absolute atomic E-state index is 13.5. The minimum Gasteiger partial charge on any atom is -0.507 e. The van der Waals surface area contributed by atoms with Gasteiger partial charge >= 0.3 is 0 Å². The smallest absolute Gasteiger partial charge is 0.233 e. The Morgan fingerprint density at radius 3 is 2.50 bits per heavy atom. The number of likely N-dealkylation sites (tertiary alicyclic amines) is 1. The Bertz CT molecular complexity index is 1310. The van der Waals surface area contributed by atoms with E-state index in [0.29, 0.717) is 42.0 Å². The first-order valence-electron chi connectivity index (χ1n) is 11.9. The van der Waals surface area contributed by atoms with E-state index in [1.807, 2.05) is 13.0 Å². The number of carbonyl (C=O) groups excluding carboxylic acids is 4. The molecule has 0 bridgehead atoms. The predicted molar refractivity (Wildman–Crippen MR) is 133 cm³/mol. The minimum absolute atomic E-state index is 0.150. The molecule has 0 spiro atoms. The maximum Gasteiger partial charge on any atom is 0.233 e. The van der Waals surface area contributed by atoms with Gasteiger partial charge in [0.25, 0.3) is 0 Å². The maximum atomic E-state index is 13.5. The van der Waals surface area contributed by atoms with Gasteiger partial charge in [-0.3, -0.25) is 24.1 Å². The summed E-state index contributed by atoms with van der Waals surface area (Å²) in [7, 11) is 2.91. The highest BCUT2D eigenvalue weighted by Crippen LogP contribution is 2.58. The Morgan fingerprint density at radius 1 is 1.08 bits per heavy atom. The van der Waals surface area contributed by atoms with Crippen LogP contribution in [0.2, 0.25) is 0 Å². The van der Waals surface area contributed by atoms with Crippen molar-refractivity contribution >= 4 is 39.3 Å². The summed E-state index contributed by atoms with van der Waals surface area (Å²) in [6.45, 7) is 2.26. The second-order valence-corrected chi connectivity index (χ2v) is 10.3. The second kappa shape index (κ2) is 9.03. The molecule has 5 rings (SSSR count). The van der Waals surface area contributed by atoms with Crippen molar-refractivity contribution in [2.45, 2.75) is 32.1 Å². The number of methoxy groups -OCH3 is 2. The number of hydrogen-bond acceptors (Lipinski definition) is 7. The molecular weight excluding hydrogens is 530 g/mol. The van der Waals surface area contributed by atoms with E-state index in [4.69, 9.17) is 9.47 Å². The summed E-state index contributed by atoms with van der Waals surface area (Å²) in [5.74, 6) is -2.98. The number of carbonyl (C=O) groups is 4. The summed E-state index contributed by atoms with van der Waals surface area (Å²) in [6.07, 6.45) is 4.34. The molecule has 1 saturated heterocycles. The van der Waals surface area contributed by atoms with Gasteiger partial charge in [0.05, 0.1) is 30.5 Å². The molecule has 0 saturated carbocycles. The van der Waals surface area contributed by atoms with Crippen LogP contribution in [0.25, 0.3) is 0 Å². The summed E-state index contributed by atoms with van der Waals surface area (Å²) >= 11 is 3.21. The van der Waals surface area contributed by atoms with E-state index in [0.717, 1.165) is 5.57 Å². The summed E-state index contributed by atoms with van der Waals surface area (Å²) in [6, 6.07) is 3.04. The molecule has 1 aromatic carbocycles. The van der Waals surface area contributed by atoms with Crippen LogP contribution in [-0.4, -0.2) is 54.2 Å². The average Bonchev–Trinajstić information content (AvgIpc) is 3.11. The fraction of sp³-hybridized carbons (Fsp3) is 0.407. The first kappa shape index (κ1) is 24.5. The molecule has 1 fully saturated rings. The van der Waals surface area contributed by atoms with Gasteiger partial charge in [0, 0.05) is 47.4 Å². The second-order valence-electron chi connectivity index (χ2n) is 9.48. The highest BCUT2D eigenvalue weighted by Gasteiger charge is 2.56. The Morgan fingerprint density at radius 2 is 1.83 bits per heavy atom. The number of allylic oxidation sites excluding steroid dienone is 6. The van der Waals surface area contributed by atoms with Crippen LogP contribution >= 0.6 is 15.9 Å². The molecule has 0 radical (unpaired) electrons. The number of imide groups is 1. The molecule has 0 aromatic heterocycles. The molecule has 1 aliphatic heterocycles. The molecule has 9 heteroatoms. The van der Waals surface area contributed by atoms with Gasteiger partial charge in [-0.15, -0.1) is 0 Å². The molecule has 4 aliphatic rings. The van der Waals surface area contributed by atoms with Crippen molar-refractivity contribution in [3.05, 3.63) is 51.0 Å². The third-order valence-electron chi connectivity index (χ3n) is 7.71. The number of nitrogens with zero attached hydrogens (tertiary/aromatic N) is 1. The third-order valence-corrected chi connectivity index (χ3v) is 8.30. The molecule has 3 aliphatic carbocycles. The van der Waals surface area contributed by atoms with Crippen LogP contribution in [0.15, 0.2) is 45.5 Å². The Hall–Kier alpha value is -3.20. The van der Waals surface area contributed by atoms with Crippen LogP contribution in [0.4, 0.5) is 0 Å². The number of ketones is 2. The molecule has 1 N–H and O–H groups in total. The Kier molecular flexibility index (Phi) is 6.14. The molecule has 8 nitrogen and oxygen atoms in total. The summed E-state index contributed by atoms with van der Waals surface area (Å²) in [5, 5.41) is 11.1. The van der Waals surface area contributed by atoms with E-state index in [-0.39, 0.29) is 45.6 Å². The largest absolute Gasteiger partial charge is 0.507 e. The van der Waals surface area contributed by atoms with Gasteiger partial charge in [0.1, 0.15) is 17.2 Å². The van der Waals surface area contributed by atoms with Crippen molar-refractivity contribution in [1.29, 1.82) is 0 Å². The van der Waals surface area contributed by atoms with Crippen molar-refractivity contribution in [1.82, 2.24) is 4.90 Å². The zero-order valence-electron chi connectivity index (χ0n) is 20.2. The molecule has 1 aromatic rings. The van der Waals surface area contributed by atoms with Crippen molar-refractivity contribution in [2.75, 3.05) is 20.8 Å². The standard InChI is InChI=1S/C27H26BrNO7/c1-4-7-29-26(33)14-6-5-13-15(21(14)27(29)34)10-16-22(19(31)11-17(28)25(16)32)23(13)24-18(30)8-12(35-2)9-20(24)36-3/h5,8-9,11,14-15,21,23,30H,4,6-7,10H2,1-3H3/t14-,15+,21-,23-/m0/s1. The van der Waals surface area contributed by atoms with Crippen LogP contribution in [0.5, 0.6) is 17.2 Å². The van der Waals surface area contributed by atoms with Gasteiger partial charge in [0.2, 0.25) is 11.8 Å². The number of rotatable bonds is 5. The van der Waals surface area contributed by atoms with Crippen LogP contribution in [0.3, 0.4) is 0 Å². The SMILES string of the molecule is CCCN1C(=O)[C@H]2[C@H](CC=C3[C@H](c4c(O)cc(OC)cc4OC)C4=C(C[C@H]32)C(=O)C(Br)=CC4=O)C1=O. The van der Waals surface area contributed by atoms with E-state index in [1.165, 1.54) is 31.3 Å². The van der Waals surface area contributed by atoms with E-state index >= 15 is 0 Å². The molecule has 188 valence electrons. The first-order valence-corrected chi connectivity index (χ1v) is 12.7. The predicted octanol–water partition coefficient (Wildman–Crippen LogP) is 3.58. The summed E-state index contributed by atoms with van der Waals surface area (Å²) in [5.41, 5.74) is 1.65. The van der Waals surface area contributed by atoms with Gasteiger partial charge in [-0.25, -0.2) is 0 Å².